The van der Waals surface area contributed by atoms with E-state index < -0.39 is 0 Å². The summed E-state index contributed by atoms with van der Waals surface area (Å²) in [5.41, 5.74) is 0. The maximum absolute atomic E-state index is 6.09. The number of fused-ring (bicyclic) bond motifs is 5. The van der Waals surface area contributed by atoms with Crippen molar-refractivity contribution in [2.24, 2.45) is 29.6 Å². The number of rotatable bonds is 6. The molecule has 4 rings (SSSR count). The van der Waals surface area contributed by atoms with Crippen molar-refractivity contribution in [3.8, 4) is 0 Å². The van der Waals surface area contributed by atoms with Crippen molar-refractivity contribution in [3.63, 3.8) is 0 Å². The molecule has 3 aliphatic rings. The summed E-state index contributed by atoms with van der Waals surface area (Å²) < 4.78 is 0.935. The Morgan fingerprint density at radius 2 is 2.05 bits per heavy atom. The molecule has 3 saturated carbocycles. The van der Waals surface area contributed by atoms with Crippen molar-refractivity contribution >= 4 is 22.9 Å². The van der Waals surface area contributed by atoms with Gasteiger partial charge in [-0.2, -0.15) is 0 Å². The van der Waals surface area contributed by atoms with Gasteiger partial charge in [0.2, 0.25) is 0 Å². The Labute approximate surface area is 131 Å². The van der Waals surface area contributed by atoms with Gasteiger partial charge in [-0.05, 0) is 80.4 Å². The van der Waals surface area contributed by atoms with Gasteiger partial charge in [0.05, 0.1) is 4.34 Å². The van der Waals surface area contributed by atoms with E-state index in [0.717, 1.165) is 40.5 Å². The molecule has 1 nitrogen and oxygen atoms in total. The number of hydrogen-bond acceptors (Lipinski definition) is 2. The van der Waals surface area contributed by atoms with Crippen LogP contribution < -0.4 is 5.32 Å². The SMILES string of the molecule is CCCNC(Cc1ccc(Cl)s1)C1C2C3CCC(C3)C21. The van der Waals surface area contributed by atoms with Gasteiger partial charge in [-0.1, -0.05) is 18.5 Å². The number of thiophene rings is 1. The predicted molar refractivity (Wildman–Crippen MR) is 86.4 cm³/mol. The lowest BCUT2D eigenvalue weighted by atomic mass is 9.95. The normalized spacial score (nSPS) is 39.0. The second-order valence-electron chi connectivity index (χ2n) is 7.04. The topological polar surface area (TPSA) is 12.0 Å². The van der Waals surface area contributed by atoms with Gasteiger partial charge >= 0.3 is 0 Å². The van der Waals surface area contributed by atoms with Crippen LogP contribution in [0.5, 0.6) is 0 Å². The van der Waals surface area contributed by atoms with E-state index >= 15 is 0 Å². The zero-order chi connectivity index (χ0) is 13.7. The van der Waals surface area contributed by atoms with Crippen LogP contribution in [0.3, 0.4) is 0 Å². The summed E-state index contributed by atoms with van der Waals surface area (Å²) in [5, 5.41) is 3.85. The molecule has 0 saturated heterocycles. The number of nitrogens with one attached hydrogen (secondary N) is 1. The molecule has 1 aromatic rings. The molecule has 0 radical (unpaired) electrons. The molecule has 20 heavy (non-hydrogen) atoms. The first-order chi connectivity index (χ1) is 9.78. The third-order valence-electron chi connectivity index (χ3n) is 5.97. The molecule has 2 bridgehead atoms. The van der Waals surface area contributed by atoms with Crippen molar-refractivity contribution in [3.05, 3.63) is 21.3 Å². The van der Waals surface area contributed by atoms with E-state index in [1.165, 1.54) is 30.6 Å². The van der Waals surface area contributed by atoms with Gasteiger partial charge in [-0.25, -0.2) is 0 Å². The Morgan fingerprint density at radius 3 is 2.65 bits per heavy atom. The highest BCUT2D eigenvalue weighted by Crippen LogP contribution is 2.70. The summed E-state index contributed by atoms with van der Waals surface area (Å²) in [7, 11) is 0. The summed E-state index contributed by atoms with van der Waals surface area (Å²) in [4.78, 5) is 1.46. The van der Waals surface area contributed by atoms with Gasteiger partial charge in [-0.15, -0.1) is 11.3 Å². The number of halogens is 1. The minimum atomic E-state index is 0.697. The van der Waals surface area contributed by atoms with E-state index in [1.54, 1.807) is 17.8 Å². The Morgan fingerprint density at radius 1 is 1.30 bits per heavy atom. The Bertz CT molecular complexity index is 469. The Balaban J connectivity index is 1.46. The maximum atomic E-state index is 6.09. The molecule has 110 valence electrons. The fourth-order valence-electron chi connectivity index (χ4n) is 5.28. The van der Waals surface area contributed by atoms with Crippen molar-refractivity contribution in [1.29, 1.82) is 0 Å². The van der Waals surface area contributed by atoms with Gasteiger partial charge in [0.15, 0.2) is 0 Å². The summed E-state index contributed by atoms with van der Waals surface area (Å²) in [6.07, 6.45) is 7.02. The van der Waals surface area contributed by atoms with Crippen LogP contribution in [0.1, 0.15) is 37.5 Å². The van der Waals surface area contributed by atoms with Crippen molar-refractivity contribution in [2.75, 3.05) is 6.54 Å². The molecule has 5 unspecified atom stereocenters. The van der Waals surface area contributed by atoms with Crippen molar-refractivity contribution in [1.82, 2.24) is 5.32 Å². The van der Waals surface area contributed by atoms with Gasteiger partial charge in [0, 0.05) is 10.9 Å². The van der Waals surface area contributed by atoms with Crippen LogP contribution in [0.25, 0.3) is 0 Å². The first-order valence-corrected chi connectivity index (χ1v) is 9.45. The second-order valence-corrected chi connectivity index (χ2v) is 8.84. The third-order valence-corrected chi connectivity index (χ3v) is 7.22. The van der Waals surface area contributed by atoms with Crippen LogP contribution in [-0.2, 0) is 6.42 Å². The van der Waals surface area contributed by atoms with Crippen LogP contribution in [0.15, 0.2) is 12.1 Å². The largest absolute Gasteiger partial charge is 0.313 e. The van der Waals surface area contributed by atoms with E-state index in [1.807, 2.05) is 0 Å². The highest BCUT2D eigenvalue weighted by atomic mass is 35.5. The molecule has 0 aliphatic heterocycles. The van der Waals surface area contributed by atoms with Crippen molar-refractivity contribution in [2.45, 2.75) is 45.1 Å². The Hall–Kier alpha value is -0.0500. The zero-order valence-corrected chi connectivity index (χ0v) is 13.7. The molecular formula is C17H24ClNS. The predicted octanol–water partition coefficient (Wildman–Crippen LogP) is 4.60. The minimum Gasteiger partial charge on any atom is -0.313 e. The molecule has 3 heteroatoms. The number of hydrogen-bond donors (Lipinski definition) is 1. The molecule has 1 heterocycles. The van der Waals surface area contributed by atoms with Crippen LogP contribution in [0.4, 0.5) is 0 Å². The summed E-state index contributed by atoms with van der Waals surface area (Å²) in [6, 6.07) is 4.97. The fraction of sp³-hybridized carbons (Fsp3) is 0.765. The van der Waals surface area contributed by atoms with Gasteiger partial charge < -0.3 is 5.32 Å². The van der Waals surface area contributed by atoms with Crippen LogP contribution in [0, 0.1) is 29.6 Å². The summed E-state index contributed by atoms with van der Waals surface area (Å²) >= 11 is 7.86. The summed E-state index contributed by atoms with van der Waals surface area (Å²) in [6.45, 7) is 3.43. The Kier molecular flexibility index (Phi) is 3.60. The fourth-order valence-corrected chi connectivity index (χ4v) is 6.43. The third kappa shape index (κ3) is 2.24. The van der Waals surface area contributed by atoms with E-state index in [2.05, 4.69) is 24.4 Å². The quantitative estimate of drug-likeness (QED) is 0.809. The lowest BCUT2D eigenvalue weighted by molar-refractivity contribution is 0.362. The zero-order valence-electron chi connectivity index (χ0n) is 12.1. The van der Waals surface area contributed by atoms with Gasteiger partial charge in [-0.3, -0.25) is 0 Å². The molecule has 0 spiro atoms. The highest BCUT2D eigenvalue weighted by molar-refractivity contribution is 7.16. The average molecular weight is 310 g/mol. The molecule has 1 aromatic heterocycles. The summed E-state index contributed by atoms with van der Waals surface area (Å²) in [5.74, 6) is 5.26. The monoisotopic (exact) mass is 309 g/mol. The van der Waals surface area contributed by atoms with Crippen LogP contribution in [0.2, 0.25) is 4.34 Å². The molecule has 3 fully saturated rings. The maximum Gasteiger partial charge on any atom is 0.0931 e. The molecule has 3 aliphatic carbocycles. The van der Waals surface area contributed by atoms with Gasteiger partial charge in [0.1, 0.15) is 0 Å². The van der Waals surface area contributed by atoms with E-state index in [0.29, 0.717) is 6.04 Å². The molecule has 0 aromatic carbocycles. The molecular weight excluding hydrogens is 286 g/mol. The average Bonchev–Trinajstić information content (AvgIpc) is 2.80. The standard InChI is InChI=1S/C17H24ClNS/c1-2-7-19-13(9-12-5-6-14(18)20-12)17-15-10-3-4-11(8-10)16(15)17/h5-6,10-11,13,15-17,19H,2-4,7-9H2,1H3. The van der Waals surface area contributed by atoms with Crippen molar-refractivity contribution < 1.29 is 0 Å². The van der Waals surface area contributed by atoms with Gasteiger partial charge in [0.25, 0.3) is 0 Å². The highest BCUT2D eigenvalue weighted by Gasteiger charge is 2.66. The molecule has 0 amide bonds. The smallest absolute Gasteiger partial charge is 0.0931 e. The second kappa shape index (κ2) is 5.30. The van der Waals surface area contributed by atoms with Crippen LogP contribution >= 0.6 is 22.9 Å². The molecule has 1 N–H and O–H groups in total. The lowest BCUT2D eigenvalue weighted by Gasteiger charge is -2.21. The van der Waals surface area contributed by atoms with E-state index in [-0.39, 0.29) is 0 Å². The molecule has 5 atom stereocenters. The van der Waals surface area contributed by atoms with E-state index in [9.17, 15) is 0 Å². The van der Waals surface area contributed by atoms with Crippen LogP contribution in [-0.4, -0.2) is 12.6 Å². The first kappa shape index (κ1) is 13.6. The van der Waals surface area contributed by atoms with E-state index in [4.69, 9.17) is 11.6 Å². The minimum absolute atomic E-state index is 0.697. The lowest BCUT2D eigenvalue weighted by Crippen LogP contribution is -2.35. The first-order valence-electron chi connectivity index (χ1n) is 8.25.